The average molecular weight is 718 g/mol. The average Bonchev–Trinajstić information content (AvgIpc) is 4.04. The van der Waals surface area contributed by atoms with Gasteiger partial charge >= 0.3 is 0 Å². The van der Waals surface area contributed by atoms with E-state index in [4.69, 9.17) is 37.8 Å². The number of benzene rings is 2. The van der Waals surface area contributed by atoms with Crippen molar-refractivity contribution in [2.24, 2.45) is 5.41 Å². The predicted octanol–water partition coefficient (Wildman–Crippen LogP) is 4.70. The van der Waals surface area contributed by atoms with Crippen LogP contribution in [0.3, 0.4) is 0 Å². The zero-order valence-electron chi connectivity index (χ0n) is 27.8. The summed E-state index contributed by atoms with van der Waals surface area (Å²) in [6.07, 6.45) is 2.86. The maximum Gasteiger partial charge on any atom is 0.225 e. The highest BCUT2D eigenvalue weighted by molar-refractivity contribution is 6.34. The lowest BCUT2D eigenvalue weighted by molar-refractivity contribution is -0.133. The second-order valence-electron chi connectivity index (χ2n) is 13.8. The molecular weight excluding hydrogens is 671 g/mol. The number of aryl methyl sites for hydroxylation is 1. The van der Waals surface area contributed by atoms with Crippen molar-refractivity contribution in [3.05, 3.63) is 81.6 Å². The molecule has 0 radical (unpaired) electrons. The Morgan fingerprint density at radius 3 is 2.37 bits per heavy atom. The third-order valence-electron chi connectivity index (χ3n) is 9.39. The second-order valence-corrected chi connectivity index (χ2v) is 14.6. The number of ether oxygens (including phenoxy) is 2. The lowest BCUT2D eigenvalue weighted by Crippen LogP contribution is -2.50. The first-order valence-corrected chi connectivity index (χ1v) is 17.5. The highest BCUT2D eigenvalue weighted by Gasteiger charge is 2.48. The van der Waals surface area contributed by atoms with Crippen molar-refractivity contribution in [1.29, 1.82) is 0 Å². The number of aliphatic hydroxyl groups excluding tert-OH is 5. The first kappa shape index (κ1) is 37.5. The predicted molar refractivity (Wildman–Crippen MR) is 186 cm³/mol. The van der Waals surface area contributed by atoms with Gasteiger partial charge in [-0.3, -0.25) is 9.78 Å². The van der Waals surface area contributed by atoms with E-state index < -0.39 is 42.0 Å². The number of hydrogen-bond donors (Lipinski definition) is 6. The Bertz CT molecular complexity index is 1600. The zero-order valence-corrected chi connectivity index (χ0v) is 29.3. The monoisotopic (exact) mass is 716 g/mol. The van der Waals surface area contributed by atoms with Crippen LogP contribution in [0.5, 0.6) is 5.75 Å². The van der Waals surface area contributed by atoms with Crippen LogP contribution >= 0.6 is 23.2 Å². The van der Waals surface area contributed by atoms with Crippen molar-refractivity contribution >= 4 is 29.1 Å². The number of carbonyl (C=O) groups is 1. The summed E-state index contributed by atoms with van der Waals surface area (Å²) in [5.41, 5.74) is 3.43. The number of halogens is 2. The van der Waals surface area contributed by atoms with Gasteiger partial charge in [0.1, 0.15) is 24.1 Å². The molecule has 12 heteroatoms. The SMILES string of the molecule is CC(C)(CCCc1cc(Cl)c(COC2(c3cnccc3-c3ccccc3OC3CC3)CC2)cc1Cl)C(=O)NCC(O)C(O)C(O)C(O)CO. The first-order chi connectivity index (χ1) is 23.3. The van der Waals surface area contributed by atoms with Gasteiger partial charge < -0.3 is 40.3 Å². The van der Waals surface area contributed by atoms with Crippen molar-refractivity contribution in [1.82, 2.24) is 10.3 Å². The third kappa shape index (κ3) is 9.31. The fourth-order valence-corrected chi connectivity index (χ4v) is 6.38. The van der Waals surface area contributed by atoms with E-state index >= 15 is 0 Å². The van der Waals surface area contributed by atoms with Gasteiger partial charge in [0.2, 0.25) is 5.91 Å². The van der Waals surface area contributed by atoms with Gasteiger partial charge in [0.25, 0.3) is 0 Å². The molecule has 2 aromatic carbocycles. The smallest absolute Gasteiger partial charge is 0.225 e. The van der Waals surface area contributed by atoms with Crippen LogP contribution in [0, 0.1) is 5.41 Å². The highest BCUT2D eigenvalue weighted by atomic mass is 35.5. The first-order valence-electron chi connectivity index (χ1n) is 16.8. The summed E-state index contributed by atoms with van der Waals surface area (Å²) in [6.45, 7) is 2.69. The van der Waals surface area contributed by atoms with Crippen molar-refractivity contribution in [2.75, 3.05) is 13.2 Å². The zero-order chi connectivity index (χ0) is 35.3. The van der Waals surface area contributed by atoms with Crippen molar-refractivity contribution in [2.45, 2.75) is 102 Å². The van der Waals surface area contributed by atoms with E-state index in [1.165, 1.54) is 0 Å². The van der Waals surface area contributed by atoms with Crippen LogP contribution in [0.1, 0.15) is 69.1 Å². The molecule has 0 bridgehead atoms. The summed E-state index contributed by atoms with van der Waals surface area (Å²) in [5, 5.41) is 52.0. The van der Waals surface area contributed by atoms with E-state index in [0.29, 0.717) is 29.3 Å². The molecular formula is C37H46Cl2N2O8. The largest absolute Gasteiger partial charge is 0.490 e. The van der Waals surface area contributed by atoms with Crippen molar-refractivity contribution in [3.8, 4) is 16.9 Å². The van der Waals surface area contributed by atoms with Crippen LogP contribution in [0.25, 0.3) is 11.1 Å². The molecule has 3 aromatic rings. The molecule has 1 heterocycles. The Balaban J connectivity index is 1.16. The number of para-hydroxylation sites is 1. The fourth-order valence-electron chi connectivity index (χ4n) is 5.86. The topological polar surface area (TPSA) is 162 Å². The molecule has 4 unspecified atom stereocenters. The fraction of sp³-hybridized carbons (Fsp3) is 0.514. The Morgan fingerprint density at radius 2 is 1.67 bits per heavy atom. The van der Waals surface area contributed by atoms with Crippen LogP contribution in [0.15, 0.2) is 54.9 Å². The number of amides is 1. The lowest BCUT2D eigenvalue weighted by Gasteiger charge is -2.28. The molecule has 266 valence electrons. The van der Waals surface area contributed by atoms with E-state index in [1.807, 2.05) is 42.6 Å². The molecule has 0 spiro atoms. The molecule has 1 amide bonds. The standard InChI is InChI=1S/C37H46Cl2N2O8/c1-36(2,35(47)41-19-30(43)33(45)34(46)31(44)20-42)12-5-6-22-16-29(39)23(17-28(22)38)21-48-37(13-14-37)27-18-40-15-11-25(27)26-7-3-4-8-32(26)49-24-9-10-24/h3-4,7-8,11,15-18,24,30-31,33-34,42-46H,5-6,9-10,12-14,19-21H2,1-2H3,(H,41,47). The quantitative estimate of drug-likeness (QED) is 0.110. The Morgan fingerprint density at radius 1 is 1.00 bits per heavy atom. The number of carbonyl (C=O) groups excluding carboxylic acids is 1. The maximum atomic E-state index is 12.9. The molecule has 6 N–H and O–H groups in total. The normalized spacial score (nSPS) is 18.0. The van der Waals surface area contributed by atoms with E-state index in [9.17, 15) is 25.2 Å². The highest BCUT2D eigenvalue weighted by Crippen LogP contribution is 2.53. The van der Waals surface area contributed by atoms with Gasteiger partial charge in [0.05, 0.1) is 31.0 Å². The Kier molecular flexibility index (Phi) is 12.3. The van der Waals surface area contributed by atoms with Crippen LogP contribution in [0.4, 0.5) is 0 Å². The van der Waals surface area contributed by atoms with E-state index in [2.05, 4.69) is 16.4 Å². The van der Waals surface area contributed by atoms with Crippen LogP contribution in [-0.2, 0) is 28.2 Å². The summed E-state index contributed by atoms with van der Waals surface area (Å²) >= 11 is 13.5. The van der Waals surface area contributed by atoms with Gasteiger partial charge in [0, 0.05) is 45.5 Å². The number of pyridine rings is 1. The third-order valence-corrected chi connectivity index (χ3v) is 10.1. The summed E-state index contributed by atoms with van der Waals surface area (Å²) < 4.78 is 12.8. The van der Waals surface area contributed by atoms with Crippen LogP contribution < -0.4 is 10.1 Å². The van der Waals surface area contributed by atoms with E-state index in [-0.39, 0.29) is 25.2 Å². The Hall–Kier alpha value is -2.80. The van der Waals surface area contributed by atoms with Crippen LogP contribution in [-0.4, -0.2) is 80.1 Å². The summed E-state index contributed by atoms with van der Waals surface area (Å²) in [6, 6.07) is 13.8. The van der Waals surface area contributed by atoms with E-state index in [1.54, 1.807) is 20.0 Å². The molecule has 2 saturated carbocycles. The molecule has 4 atom stereocenters. The van der Waals surface area contributed by atoms with Gasteiger partial charge in [0.15, 0.2) is 0 Å². The number of nitrogens with one attached hydrogen (secondary N) is 1. The van der Waals surface area contributed by atoms with Gasteiger partial charge in [-0.2, -0.15) is 0 Å². The molecule has 2 aliphatic rings. The molecule has 2 aliphatic carbocycles. The summed E-state index contributed by atoms with van der Waals surface area (Å²) in [4.78, 5) is 17.3. The Labute approximate surface area is 297 Å². The number of rotatable bonds is 18. The lowest BCUT2D eigenvalue weighted by atomic mass is 9.85. The number of aromatic nitrogens is 1. The van der Waals surface area contributed by atoms with Crippen molar-refractivity contribution in [3.63, 3.8) is 0 Å². The number of hydrogen-bond acceptors (Lipinski definition) is 9. The number of nitrogens with zero attached hydrogens (tertiary/aromatic N) is 1. The molecule has 2 fully saturated rings. The van der Waals surface area contributed by atoms with Gasteiger partial charge in [-0.15, -0.1) is 0 Å². The molecule has 0 aliphatic heterocycles. The molecule has 0 saturated heterocycles. The minimum absolute atomic E-state index is 0.275. The molecule has 10 nitrogen and oxygen atoms in total. The van der Waals surface area contributed by atoms with Gasteiger partial charge in [-0.25, -0.2) is 0 Å². The molecule has 5 rings (SSSR count). The minimum atomic E-state index is -1.76. The van der Waals surface area contributed by atoms with Crippen molar-refractivity contribution < 1.29 is 39.8 Å². The van der Waals surface area contributed by atoms with Gasteiger partial charge in [-0.05, 0) is 85.9 Å². The van der Waals surface area contributed by atoms with E-state index in [0.717, 1.165) is 59.3 Å². The maximum absolute atomic E-state index is 12.9. The minimum Gasteiger partial charge on any atom is -0.490 e. The number of aliphatic hydroxyl groups is 5. The molecule has 49 heavy (non-hydrogen) atoms. The van der Waals surface area contributed by atoms with Gasteiger partial charge in [-0.1, -0.05) is 55.2 Å². The molecule has 1 aromatic heterocycles. The van der Waals surface area contributed by atoms with Crippen LogP contribution in [0.2, 0.25) is 10.0 Å². The summed E-state index contributed by atoms with van der Waals surface area (Å²) in [7, 11) is 0. The summed E-state index contributed by atoms with van der Waals surface area (Å²) in [5.74, 6) is 0.520. The second kappa shape index (κ2) is 16.0.